The summed E-state index contributed by atoms with van der Waals surface area (Å²) in [7, 11) is 0. The number of hydrogen-bond acceptors (Lipinski definition) is 3. The van der Waals surface area contributed by atoms with Crippen molar-refractivity contribution in [3.8, 4) is 0 Å². The highest BCUT2D eigenvalue weighted by atomic mass is 127. The number of piperidine rings is 1. The Balaban J connectivity index is 0.00000312. The number of halogens is 1. The van der Waals surface area contributed by atoms with Crippen molar-refractivity contribution in [2.75, 3.05) is 39.3 Å². The van der Waals surface area contributed by atoms with Crippen molar-refractivity contribution in [2.24, 2.45) is 10.9 Å². The van der Waals surface area contributed by atoms with Crippen LogP contribution in [0.1, 0.15) is 39.5 Å². The second-order valence-corrected chi connectivity index (χ2v) is 6.55. The quantitative estimate of drug-likeness (QED) is 0.256. The summed E-state index contributed by atoms with van der Waals surface area (Å²) in [5.41, 5.74) is 0. The number of aryl methyl sites for hydroxylation is 1. The van der Waals surface area contributed by atoms with Crippen molar-refractivity contribution in [1.29, 1.82) is 0 Å². The fraction of sp³-hybridized carbons (Fsp3) is 0.778. The van der Waals surface area contributed by atoms with Crippen molar-refractivity contribution in [1.82, 2.24) is 25.3 Å². The topological polar surface area (TPSA) is 57.5 Å². The van der Waals surface area contributed by atoms with Crippen LogP contribution < -0.4 is 10.6 Å². The number of hydrogen-bond donors (Lipinski definition) is 2. The maximum atomic E-state index is 4.80. The van der Waals surface area contributed by atoms with E-state index in [0.717, 1.165) is 44.5 Å². The molecule has 2 heterocycles. The van der Waals surface area contributed by atoms with E-state index in [0.29, 0.717) is 0 Å². The summed E-state index contributed by atoms with van der Waals surface area (Å²) in [5, 5.41) is 11.0. The van der Waals surface area contributed by atoms with Crippen LogP contribution in [0.15, 0.2) is 23.5 Å². The minimum Gasteiger partial charge on any atom is -0.357 e. The van der Waals surface area contributed by atoms with Gasteiger partial charge in [0.2, 0.25) is 0 Å². The van der Waals surface area contributed by atoms with E-state index in [1.165, 1.54) is 38.9 Å². The molecule has 1 aliphatic rings. The van der Waals surface area contributed by atoms with Gasteiger partial charge in [0.25, 0.3) is 0 Å². The minimum atomic E-state index is 0. The Hall–Kier alpha value is -0.830. The molecule has 1 saturated heterocycles. The van der Waals surface area contributed by atoms with E-state index in [1.807, 2.05) is 23.1 Å². The summed E-state index contributed by atoms with van der Waals surface area (Å²) in [5.74, 6) is 1.69. The fourth-order valence-corrected chi connectivity index (χ4v) is 3.15. The molecule has 0 radical (unpaired) electrons. The number of likely N-dealkylation sites (tertiary alicyclic amines) is 1. The fourth-order valence-electron chi connectivity index (χ4n) is 3.15. The van der Waals surface area contributed by atoms with Crippen molar-refractivity contribution < 1.29 is 0 Å². The normalized spacial score (nSPS) is 16.5. The molecule has 6 nitrogen and oxygen atoms in total. The summed E-state index contributed by atoms with van der Waals surface area (Å²) < 4.78 is 1.97. The molecule has 0 aliphatic carbocycles. The summed E-state index contributed by atoms with van der Waals surface area (Å²) in [6.45, 7) is 11.8. The lowest BCUT2D eigenvalue weighted by Crippen LogP contribution is -2.39. The van der Waals surface area contributed by atoms with Gasteiger partial charge in [-0.15, -0.1) is 24.0 Å². The third-order valence-electron chi connectivity index (χ3n) is 4.51. The van der Waals surface area contributed by atoms with E-state index in [1.54, 1.807) is 0 Å². The van der Waals surface area contributed by atoms with Crippen LogP contribution in [0.3, 0.4) is 0 Å². The van der Waals surface area contributed by atoms with E-state index in [2.05, 4.69) is 34.5 Å². The maximum Gasteiger partial charge on any atom is 0.191 e. The average molecular weight is 462 g/mol. The van der Waals surface area contributed by atoms with E-state index < -0.39 is 0 Å². The molecule has 1 fully saturated rings. The first-order chi connectivity index (χ1) is 11.8. The summed E-state index contributed by atoms with van der Waals surface area (Å²) in [6, 6.07) is 1.96. The lowest BCUT2D eigenvalue weighted by atomic mass is 9.97. The molecule has 2 rings (SSSR count). The van der Waals surface area contributed by atoms with Crippen molar-refractivity contribution in [3.05, 3.63) is 18.5 Å². The molecule has 0 bridgehead atoms. The van der Waals surface area contributed by atoms with Crippen LogP contribution in [0, 0.1) is 5.92 Å². The Kier molecular flexibility index (Phi) is 11.9. The third-order valence-corrected chi connectivity index (χ3v) is 4.51. The molecule has 7 heteroatoms. The van der Waals surface area contributed by atoms with Gasteiger partial charge in [0.15, 0.2) is 5.96 Å². The van der Waals surface area contributed by atoms with E-state index in [9.17, 15) is 0 Å². The van der Waals surface area contributed by atoms with Crippen LogP contribution in [0.2, 0.25) is 0 Å². The number of rotatable bonds is 9. The molecule has 1 aromatic heterocycles. The minimum absolute atomic E-state index is 0. The molecule has 2 N–H and O–H groups in total. The molecule has 0 spiro atoms. The molecule has 0 unspecified atom stereocenters. The van der Waals surface area contributed by atoms with Crippen LogP contribution in [-0.2, 0) is 6.54 Å². The lowest BCUT2D eigenvalue weighted by molar-refractivity contribution is 0.188. The van der Waals surface area contributed by atoms with E-state index in [-0.39, 0.29) is 24.0 Å². The van der Waals surface area contributed by atoms with Gasteiger partial charge in [0.1, 0.15) is 0 Å². The third kappa shape index (κ3) is 8.89. The highest BCUT2D eigenvalue weighted by Gasteiger charge is 2.18. The van der Waals surface area contributed by atoms with Crippen molar-refractivity contribution in [3.63, 3.8) is 0 Å². The highest BCUT2D eigenvalue weighted by molar-refractivity contribution is 14.0. The number of nitrogens with one attached hydrogen (secondary N) is 2. The molecule has 0 saturated carbocycles. The zero-order valence-electron chi connectivity index (χ0n) is 15.8. The van der Waals surface area contributed by atoms with Gasteiger partial charge < -0.3 is 15.5 Å². The second-order valence-electron chi connectivity index (χ2n) is 6.55. The SMILES string of the molecule is CCCN1CCC(CN=C(NCC)NCCCn2cccn2)CC1.I. The first-order valence-electron chi connectivity index (χ1n) is 9.53. The van der Waals surface area contributed by atoms with Gasteiger partial charge in [-0.1, -0.05) is 6.92 Å². The van der Waals surface area contributed by atoms with Crippen LogP contribution in [0.25, 0.3) is 0 Å². The number of aliphatic imine (C=N–C) groups is 1. The predicted molar refractivity (Wildman–Crippen MR) is 116 cm³/mol. The van der Waals surface area contributed by atoms with Gasteiger partial charge in [-0.2, -0.15) is 5.10 Å². The van der Waals surface area contributed by atoms with Gasteiger partial charge in [0, 0.05) is 38.6 Å². The molecule has 144 valence electrons. The largest absolute Gasteiger partial charge is 0.357 e. The number of nitrogens with zero attached hydrogens (tertiary/aromatic N) is 4. The maximum absolute atomic E-state index is 4.80. The standard InChI is InChI=1S/C18H34N6.HI/c1-3-11-23-14-7-17(8-15-23)16-21-18(19-4-2)20-9-5-12-24-13-6-10-22-24;/h6,10,13,17H,3-5,7-9,11-12,14-16H2,1-2H3,(H2,19,20,21);1H. The molecule has 0 aromatic carbocycles. The molecule has 25 heavy (non-hydrogen) atoms. The zero-order chi connectivity index (χ0) is 17.0. The summed E-state index contributed by atoms with van der Waals surface area (Å²) in [6.07, 6.45) is 8.69. The van der Waals surface area contributed by atoms with E-state index in [4.69, 9.17) is 4.99 Å². The smallest absolute Gasteiger partial charge is 0.191 e. The number of aromatic nitrogens is 2. The Morgan fingerprint density at radius 2 is 2.00 bits per heavy atom. The predicted octanol–water partition coefficient (Wildman–Crippen LogP) is 2.57. The van der Waals surface area contributed by atoms with Gasteiger partial charge in [0.05, 0.1) is 0 Å². The Labute approximate surface area is 169 Å². The van der Waals surface area contributed by atoms with E-state index >= 15 is 0 Å². The highest BCUT2D eigenvalue weighted by Crippen LogP contribution is 2.17. The first-order valence-corrected chi connectivity index (χ1v) is 9.53. The summed E-state index contributed by atoms with van der Waals surface area (Å²) >= 11 is 0. The lowest BCUT2D eigenvalue weighted by Gasteiger charge is -2.31. The molecule has 1 aromatic rings. The van der Waals surface area contributed by atoms with Crippen molar-refractivity contribution in [2.45, 2.75) is 46.1 Å². The Morgan fingerprint density at radius 1 is 1.20 bits per heavy atom. The Morgan fingerprint density at radius 3 is 2.64 bits per heavy atom. The summed E-state index contributed by atoms with van der Waals surface area (Å²) in [4.78, 5) is 7.38. The van der Waals surface area contributed by atoms with Gasteiger partial charge >= 0.3 is 0 Å². The second kappa shape index (κ2) is 13.4. The van der Waals surface area contributed by atoms with Crippen LogP contribution in [0.4, 0.5) is 0 Å². The monoisotopic (exact) mass is 462 g/mol. The van der Waals surface area contributed by atoms with Gasteiger partial charge in [-0.25, -0.2) is 0 Å². The Bertz CT molecular complexity index is 454. The van der Waals surface area contributed by atoms with Gasteiger partial charge in [-0.05, 0) is 64.2 Å². The zero-order valence-corrected chi connectivity index (χ0v) is 18.1. The van der Waals surface area contributed by atoms with Crippen LogP contribution in [0.5, 0.6) is 0 Å². The molecular weight excluding hydrogens is 427 g/mol. The van der Waals surface area contributed by atoms with Crippen LogP contribution >= 0.6 is 24.0 Å². The van der Waals surface area contributed by atoms with Crippen molar-refractivity contribution >= 4 is 29.9 Å². The first kappa shape index (κ1) is 22.2. The molecule has 0 atom stereocenters. The average Bonchev–Trinajstić information content (AvgIpc) is 3.11. The number of guanidine groups is 1. The van der Waals surface area contributed by atoms with Crippen LogP contribution in [-0.4, -0.2) is 59.9 Å². The molecule has 0 amide bonds. The molecule has 1 aliphatic heterocycles. The van der Waals surface area contributed by atoms with Gasteiger partial charge in [-0.3, -0.25) is 9.67 Å². The molecular formula is C18H35IN6.